The van der Waals surface area contributed by atoms with E-state index in [0.29, 0.717) is 17.1 Å². The largest absolute Gasteiger partial charge is 0.410 e. The quantitative estimate of drug-likeness (QED) is 0.725. The predicted octanol–water partition coefficient (Wildman–Crippen LogP) is 2.51. The number of aryl methyl sites for hydroxylation is 2. The molecule has 0 amide bonds. The van der Waals surface area contributed by atoms with Crippen LogP contribution in [0.2, 0.25) is 0 Å². The second-order valence-electron chi connectivity index (χ2n) is 3.36. The third-order valence-electron chi connectivity index (χ3n) is 2.06. The van der Waals surface area contributed by atoms with Crippen molar-refractivity contribution in [3.8, 4) is 5.95 Å². The summed E-state index contributed by atoms with van der Waals surface area (Å²) in [5.41, 5.74) is 1.05. The van der Waals surface area contributed by atoms with Gasteiger partial charge in [0.05, 0.1) is 5.56 Å². The molecule has 0 N–H and O–H groups in total. The Balaban J connectivity index is 2.17. The van der Waals surface area contributed by atoms with E-state index in [-0.39, 0.29) is 5.95 Å². The Labute approximate surface area is 92.9 Å². The van der Waals surface area contributed by atoms with Crippen LogP contribution >= 0.6 is 0 Å². The molecule has 0 aliphatic rings. The summed E-state index contributed by atoms with van der Waals surface area (Å²) in [6.45, 7) is 3.43. The summed E-state index contributed by atoms with van der Waals surface area (Å²) in [5.74, 6) is 0.194. The van der Waals surface area contributed by atoms with Crippen molar-refractivity contribution in [1.29, 1.82) is 0 Å². The monoisotopic (exact) mass is 217 g/mol. The minimum Gasteiger partial charge on any atom is -0.410 e. The molecule has 2 rings (SSSR count). The second-order valence-corrected chi connectivity index (χ2v) is 3.36. The van der Waals surface area contributed by atoms with Gasteiger partial charge in [-0.3, -0.25) is 0 Å². The number of ether oxygens (including phenoxy) is 1. The fraction of sp³-hybridized carbons (Fsp3) is 0.167. The average Bonchev–Trinajstić information content (AvgIpc) is 2.59. The van der Waals surface area contributed by atoms with Gasteiger partial charge in [0.15, 0.2) is 5.89 Å². The summed E-state index contributed by atoms with van der Waals surface area (Å²) in [6.07, 6.45) is 0. The number of oxazole rings is 1. The molecule has 82 valence electrons. The SMILES string of the molecule is Cc1nc(C)c(OC(=O)c2ccccc2)o1. The van der Waals surface area contributed by atoms with Crippen molar-refractivity contribution in [2.24, 2.45) is 0 Å². The fourth-order valence-corrected chi connectivity index (χ4v) is 1.32. The number of rotatable bonds is 2. The molecule has 1 aromatic carbocycles. The highest BCUT2D eigenvalue weighted by Gasteiger charge is 2.14. The summed E-state index contributed by atoms with van der Waals surface area (Å²) >= 11 is 0. The number of esters is 1. The van der Waals surface area contributed by atoms with Gasteiger partial charge in [-0.15, -0.1) is 0 Å². The molecule has 0 saturated heterocycles. The van der Waals surface area contributed by atoms with Crippen LogP contribution in [0.4, 0.5) is 0 Å². The van der Waals surface area contributed by atoms with Gasteiger partial charge in [0.25, 0.3) is 0 Å². The Morgan fingerprint density at radius 3 is 2.50 bits per heavy atom. The van der Waals surface area contributed by atoms with Crippen molar-refractivity contribution in [1.82, 2.24) is 4.98 Å². The number of nitrogens with zero attached hydrogens (tertiary/aromatic N) is 1. The van der Waals surface area contributed by atoms with Crippen molar-refractivity contribution < 1.29 is 13.9 Å². The van der Waals surface area contributed by atoms with Crippen molar-refractivity contribution >= 4 is 5.97 Å². The highest BCUT2D eigenvalue weighted by Crippen LogP contribution is 2.19. The van der Waals surface area contributed by atoms with Gasteiger partial charge in [-0.2, -0.15) is 0 Å². The highest BCUT2D eigenvalue weighted by atomic mass is 16.6. The summed E-state index contributed by atoms with van der Waals surface area (Å²) in [4.78, 5) is 15.7. The molecule has 0 radical (unpaired) electrons. The van der Waals surface area contributed by atoms with Gasteiger partial charge in [-0.1, -0.05) is 18.2 Å². The lowest BCUT2D eigenvalue weighted by atomic mass is 10.2. The van der Waals surface area contributed by atoms with E-state index in [1.807, 2.05) is 6.07 Å². The number of carbonyl (C=O) groups is 1. The number of hydrogen-bond acceptors (Lipinski definition) is 4. The van der Waals surface area contributed by atoms with Crippen LogP contribution in [0.5, 0.6) is 5.95 Å². The number of carbonyl (C=O) groups excluding carboxylic acids is 1. The maximum atomic E-state index is 11.7. The Kier molecular flexibility index (Phi) is 2.72. The molecule has 0 aliphatic heterocycles. The van der Waals surface area contributed by atoms with Gasteiger partial charge < -0.3 is 9.15 Å². The topological polar surface area (TPSA) is 52.3 Å². The van der Waals surface area contributed by atoms with Gasteiger partial charge in [0.1, 0.15) is 5.69 Å². The summed E-state index contributed by atoms with van der Waals surface area (Å²) in [6, 6.07) is 8.74. The van der Waals surface area contributed by atoms with Crippen LogP contribution in [0, 0.1) is 13.8 Å². The van der Waals surface area contributed by atoms with Crippen molar-refractivity contribution in [2.45, 2.75) is 13.8 Å². The molecule has 0 fully saturated rings. The maximum absolute atomic E-state index is 11.7. The van der Waals surface area contributed by atoms with Crippen molar-refractivity contribution in [2.75, 3.05) is 0 Å². The van der Waals surface area contributed by atoms with Gasteiger partial charge in [0.2, 0.25) is 0 Å². The van der Waals surface area contributed by atoms with Gasteiger partial charge in [-0.25, -0.2) is 9.78 Å². The first kappa shape index (κ1) is 10.4. The van der Waals surface area contributed by atoms with E-state index in [2.05, 4.69) is 4.98 Å². The molecule has 0 aliphatic carbocycles. The molecular weight excluding hydrogens is 206 g/mol. The number of hydrogen-bond donors (Lipinski definition) is 0. The summed E-state index contributed by atoms with van der Waals surface area (Å²) in [7, 11) is 0. The Morgan fingerprint density at radius 1 is 1.25 bits per heavy atom. The van der Waals surface area contributed by atoms with Crippen LogP contribution in [0.1, 0.15) is 21.9 Å². The van der Waals surface area contributed by atoms with E-state index in [1.54, 1.807) is 38.1 Å². The van der Waals surface area contributed by atoms with Crippen LogP contribution in [-0.2, 0) is 0 Å². The number of aromatic nitrogens is 1. The predicted molar refractivity (Wildman–Crippen MR) is 57.4 cm³/mol. The van der Waals surface area contributed by atoms with Crippen molar-refractivity contribution in [3.63, 3.8) is 0 Å². The number of benzene rings is 1. The Bertz CT molecular complexity index is 502. The first-order chi connectivity index (χ1) is 7.66. The maximum Gasteiger partial charge on any atom is 0.345 e. The zero-order valence-electron chi connectivity index (χ0n) is 9.06. The molecule has 0 saturated carbocycles. The second kappa shape index (κ2) is 4.18. The molecule has 0 bridgehead atoms. The molecule has 4 heteroatoms. The van der Waals surface area contributed by atoms with E-state index in [4.69, 9.17) is 9.15 Å². The minimum atomic E-state index is -0.445. The van der Waals surface area contributed by atoms with Crippen LogP contribution in [-0.4, -0.2) is 11.0 Å². The van der Waals surface area contributed by atoms with Crippen LogP contribution in [0.15, 0.2) is 34.7 Å². The third-order valence-corrected chi connectivity index (χ3v) is 2.06. The lowest BCUT2D eigenvalue weighted by Gasteiger charge is -2.00. The zero-order valence-corrected chi connectivity index (χ0v) is 9.06. The standard InChI is InChI=1S/C12H11NO3/c1-8-12(15-9(2)13-8)16-11(14)10-6-4-3-5-7-10/h3-7H,1-2H3. The molecule has 0 spiro atoms. The van der Waals surface area contributed by atoms with Gasteiger partial charge in [0, 0.05) is 6.92 Å². The average molecular weight is 217 g/mol. The first-order valence-electron chi connectivity index (χ1n) is 4.88. The smallest absolute Gasteiger partial charge is 0.345 e. The van der Waals surface area contributed by atoms with E-state index in [0.717, 1.165) is 0 Å². The van der Waals surface area contributed by atoms with E-state index >= 15 is 0 Å². The molecule has 1 aromatic heterocycles. The van der Waals surface area contributed by atoms with E-state index < -0.39 is 5.97 Å². The van der Waals surface area contributed by atoms with Crippen LogP contribution in [0.25, 0.3) is 0 Å². The summed E-state index contributed by atoms with van der Waals surface area (Å²) in [5, 5.41) is 0. The lowest BCUT2D eigenvalue weighted by molar-refractivity contribution is 0.0691. The molecule has 0 unspecified atom stereocenters. The molecule has 16 heavy (non-hydrogen) atoms. The van der Waals surface area contributed by atoms with Gasteiger partial charge >= 0.3 is 11.9 Å². The Morgan fingerprint density at radius 2 is 1.94 bits per heavy atom. The van der Waals surface area contributed by atoms with E-state index in [1.165, 1.54) is 0 Å². The first-order valence-corrected chi connectivity index (χ1v) is 4.88. The normalized spacial score (nSPS) is 10.1. The van der Waals surface area contributed by atoms with Gasteiger partial charge in [-0.05, 0) is 19.1 Å². The molecule has 4 nitrogen and oxygen atoms in total. The lowest BCUT2D eigenvalue weighted by Crippen LogP contribution is -2.08. The fourth-order valence-electron chi connectivity index (χ4n) is 1.32. The van der Waals surface area contributed by atoms with Crippen molar-refractivity contribution in [3.05, 3.63) is 47.5 Å². The van der Waals surface area contributed by atoms with Crippen LogP contribution < -0.4 is 4.74 Å². The van der Waals surface area contributed by atoms with Crippen LogP contribution in [0.3, 0.4) is 0 Å². The Hall–Kier alpha value is -2.10. The summed E-state index contributed by atoms with van der Waals surface area (Å²) < 4.78 is 10.2. The molecule has 0 atom stereocenters. The molecule has 2 aromatic rings. The molecule has 1 heterocycles. The third kappa shape index (κ3) is 2.11. The molecular formula is C12H11NO3. The highest BCUT2D eigenvalue weighted by molar-refractivity contribution is 5.90. The zero-order chi connectivity index (χ0) is 11.5. The minimum absolute atomic E-state index is 0.159. The van der Waals surface area contributed by atoms with E-state index in [9.17, 15) is 4.79 Å².